The van der Waals surface area contributed by atoms with Gasteiger partial charge in [-0.3, -0.25) is 9.69 Å². The minimum Gasteiger partial charge on any atom is -0.393 e. The summed E-state index contributed by atoms with van der Waals surface area (Å²) >= 11 is 0. The van der Waals surface area contributed by atoms with Crippen LogP contribution in [-0.4, -0.2) is 55.2 Å². The van der Waals surface area contributed by atoms with Crippen molar-refractivity contribution in [2.75, 3.05) is 32.1 Å². The summed E-state index contributed by atoms with van der Waals surface area (Å²) in [6.07, 6.45) is 1.15. The highest BCUT2D eigenvalue weighted by molar-refractivity contribution is 5.82. The number of likely N-dealkylation sites (N-methyl/N-ethyl adjacent to an activating group) is 1. The molecule has 1 heterocycles. The molecule has 2 atom stereocenters. The van der Waals surface area contributed by atoms with E-state index in [1.54, 1.807) is 6.07 Å². The molecule has 1 aliphatic heterocycles. The van der Waals surface area contributed by atoms with E-state index >= 15 is 0 Å². The number of carbonyl (C=O) groups excluding carboxylic acids is 1. The minimum absolute atomic E-state index is 0.0863. The zero-order valence-electron chi connectivity index (χ0n) is 14.9. The van der Waals surface area contributed by atoms with Crippen LogP contribution in [0.15, 0.2) is 18.2 Å². The molecule has 1 amide bonds. The maximum Gasteiger partial charge on any atom is 0.237 e. The topological polar surface area (TPSA) is 55.8 Å². The maximum absolute atomic E-state index is 13.8. The fourth-order valence-corrected chi connectivity index (χ4v) is 2.91. The van der Waals surface area contributed by atoms with Gasteiger partial charge in [0.25, 0.3) is 0 Å². The van der Waals surface area contributed by atoms with Crippen LogP contribution in [0.5, 0.6) is 0 Å². The molecule has 1 saturated heterocycles. The van der Waals surface area contributed by atoms with E-state index in [0.29, 0.717) is 12.8 Å². The first-order valence-corrected chi connectivity index (χ1v) is 8.49. The molecule has 0 aliphatic carbocycles. The molecule has 0 saturated carbocycles. The van der Waals surface area contributed by atoms with Gasteiger partial charge in [-0.2, -0.15) is 0 Å². The van der Waals surface area contributed by atoms with Gasteiger partial charge in [-0.1, -0.05) is 0 Å². The van der Waals surface area contributed by atoms with Gasteiger partial charge in [-0.25, -0.2) is 4.39 Å². The number of hydrogen-bond donors (Lipinski definition) is 2. The first-order valence-electron chi connectivity index (χ1n) is 8.49. The lowest BCUT2D eigenvalue weighted by molar-refractivity contribution is -0.125. The van der Waals surface area contributed by atoms with Crippen molar-refractivity contribution in [3.8, 4) is 0 Å². The van der Waals surface area contributed by atoms with E-state index in [-0.39, 0.29) is 29.9 Å². The second-order valence-electron chi connectivity index (χ2n) is 6.79. The monoisotopic (exact) mass is 337 g/mol. The van der Waals surface area contributed by atoms with Crippen LogP contribution in [0.4, 0.5) is 10.1 Å². The molecule has 1 unspecified atom stereocenters. The molecule has 134 valence electrons. The summed E-state index contributed by atoms with van der Waals surface area (Å²) in [4.78, 5) is 16.3. The average molecular weight is 337 g/mol. The number of rotatable bonds is 5. The Kier molecular flexibility index (Phi) is 6.18. The van der Waals surface area contributed by atoms with Crippen molar-refractivity contribution >= 4 is 11.6 Å². The highest BCUT2D eigenvalue weighted by atomic mass is 19.1. The Morgan fingerprint density at radius 1 is 1.33 bits per heavy atom. The highest BCUT2D eigenvalue weighted by Crippen LogP contribution is 2.29. The van der Waals surface area contributed by atoms with Gasteiger partial charge in [0.05, 0.1) is 18.2 Å². The first-order chi connectivity index (χ1) is 11.3. The van der Waals surface area contributed by atoms with Gasteiger partial charge in [0.2, 0.25) is 5.91 Å². The summed E-state index contributed by atoms with van der Waals surface area (Å²) in [6.45, 7) is 5.17. The number of carbonyl (C=O) groups is 1. The highest BCUT2D eigenvalue weighted by Gasteiger charge is 2.24. The first kappa shape index (κ1) is 18.7. The third-order valence-corrected chi connectivity index (χ3v) is 4.77. The Morgan fingerprint density at radius 3 is 2.54 bits per heavy atom. The second kappa shape index (κ2) is 7.94. The van der Waals surface area contributed by atoms with Crippen LogP contribution in [0.3, 0.4) is 0 Å². The van der Waals surface area contributed by atoms with Crippen LogP contribution < -0.4 is 10.2 Å². The van der Waals surface area contributed by atoms with Gasteiger partial charge in [0, 0.05) is 24.3 Å². The third kappa shape index (κ3) is 4.45. The summed E-state index contributed by atoms with van der Waals surface area (Å²) < 4.78 is 13.8. The smallest absolute Gasteiger partial charge is 0.237 e. The van der Waals surface area contributed by atoms with Crippen LogP contribution in [0.1, 0.15) is 38.3 Å². The SMILES string of the molecule is CC(NC(=O)[C@H](C)N(C)C)c1cc(F)ccc1N1CCC(O)CC1. The van der Waals surface area contributed by atoms with Gasteiger partial charge in [0.1, 0.15) is 5.82 Å². The van der Waals surface area contributed by atoms with Crippen molar-refractivity contribution in [1.29, 1.82) is 0 Å². The van der Waals surface area contributed by atoms with Crippen molar-refractivity contribution < 1.29 is 14.3 Å². The standard InChI is InChI=1S/C18H28FN3O2/c1-12(20-18(24)13(2)21(3)4)16-11-14(19)5-6-17(16)22-9-7-15(23)8-10-22/h5-6,11-13,15,23H,7-10H2,1-4H3,(H,20,24)/t12?,13-/m0/s1. The summed E-state index contributed by atoms with van der Waals surface area (Å²) in [5.41, 5.74) is 1.69. The van der Waals surface area contributed by atoms with E-state index in [1.165, 1.54) is 12.1 Å². The summed E-state index contributed by atoms with van der Waals surface area (Å²) in [7, 11) is 3.70. The van der Waals surface area contributed by atoms with E-state index in [2.05, 4.69) is 10.2 Å². The molecule has 0 radical (unpaired) electrons. The van der Waals surface area contributed by atoms with Crippen molar-refractivity contribution in [3.63, 3.8) is 0 Å². The van der Waals surface area contributed by atoms with E-state index in [9.17, 15) is 14.3 Å². The molecule has 5 nitrogen and oxygen atoms in total. The number of benzene rings is 1. The van der Waals surface area contributed by atoms with E-state index in [1.807, 2.05) is 32.8 Å². The van der Waals surface area contributed by atoms with Gasteiger partial charge >= 0.3 is 0 Å². The van der Waals surface area contributed by atoms with Gasteiger partial charge in [0.15, 0.2) is 0 Å². The van der Waals surface area contributed by atoms with Crippen LogP contribution in [0.25, 0.3) is 0 Å². The fourth-order valence-electron chi connectivity index (χ4n) is 2.91. The van der Waals surface area contributed by atoms with E-state index in [0.717, 1.165) is 24.3 Å². The Bertz CT molecular complexity index is 571. The Morgan fingerprint density at radius 2 is 1.96 bits per heavy atom. The number of hydrogen-bond acceptors (Lipinski definition) is 4. The Balaban J connectivity index is 2.19. The molecular formula is C18H28FN3O2. The average Bonchev–Trinajstić information content (AvgIpc) is 2.54. The molecule has 1 aromatic rings. The molecule has 0 aromatic heterocycles. The lowest BCUT2D eigenvalue weighted by Gasteiger charge is -2.34. The Labute approximate surface area is 143 Å². The summed E-state index contributed by atoms with van der Waals surface area (Å²) in [6, 6.07) is 4.15. The lowest BCUT2D eigenvalue weighted by atomic mass is 10.0. The van der Waals surface area contributed by atoms with Crippen LogP contribution in [0, 0.1) is 5.82 Å². The molecule has 0 spiro atoms. The van der Waals surface area contributed by atoms with Crippen molar-refractivity contribution in [2.24, 2.45) is 0 Å². The normalized spacial score (nSPS) is 18.5. The number of amides is 1. The van der Waals surface area contributed by atoms with Gasteiger partial charge in [-0.15, -0.1) is 0 Å². The van der Waals surface area contributed by atoms with E-state index in [4.69, 9.17) is 0 Å². The fraction of sp³-hybridized carbons (Fsp3) is 0.611. The number of aliphatic hydroxyl groups excluding tert-OH is 1. The third-order valence-electron chi connectivity index (χ3n) is 4.77. The van der Waals surface area contributed by atoms with Crippen molar-refractivity contribution in [2.45, 2.75) is 44.9 Å². The number of nitrogens with one attached hydrogen (secondary N) is 1. The number of halogens is 1. The van der Waals surface area contributed by atoms with Crippen molar-refractivity contribution in [3.05, 3.63) is 29.6 Å². The predicted molar refractivity (Wildman–Crippen MR) is 93.6 cm³/mol. The summed E-state index contributed by atoms with van der Waals surface area (Å²) in [5, 5.41) is 12.6. The van der Waals surface area contributed by atoms with Crippen LogP contribution in [0.2, 0.25) is 0 Å². The quantitative estimate of drug-likeness (QED) is 0.862. The van der Waals surface area contributed by atoms with Gasteiger partial charge in [-0.05, 0) is 59.0 Å². The molecular weight excluding hydrogens is 309 g/mol. The molecule has 1 fully saturated rings. The molecule has 24 heavy (non-hydrogen) atoms. The number of anilines is 1. The number of nitrogens with zero attached hydrogens (tertiary/aromatic N) is 2. The summed E-state index contributed by atoms with van der Waals surface area (Å²) in [5.74, 6) is -0.399. The zero-order chi connectivity index (χ0) is 17.9. The predicted octanol–water partition coefficient (Wildman–Crippen LogP) is 1.91. The van der Waals surface area contributed by atoms with Crippen LogP contribution >= 0.6 is 0 Å². The molecule has 1 aromatic carbocycles. The molecule has 0 bridgehead atoms. The molecule has 2 N–H and O–H groups in total. The maximum atomic E-state index is 13.8. The number of aliphatic hydroxyl groups is 1. The molecule has 2 rings (SSSR count). The van der Waals surface area contributed by atoms with Gasteiger partial charge < -0.3 is 15.3 Å². The Hall–Kier alpha value is -1.66. The van der Waals surface area contributed by atoms with E-state index < -0.39 is 0 Å². The zero-order valence-corrected chi connectivity index (χ0v) is 14.9. The largest absolute Gasteiger partial charge is 0.393 e. The number of piperidine rings is 1. The van der Waals surface area contributed by atoms with Crippen molar-refractivity contribution in [1.82, 2.24) is 10.2 Å². The van der Waals surface area contributed by atoms with Crippen LogP contribution in [-0.2, 0) is 4.79 Å². The minimum atomic E-state index is -0.312. The molecule has 6 heteroatoms. The second-order valence-corrected chi connectivity index (χ2v) is 6.79. The molecule has 1 aliphatic rings. The lowest BCUT2D eigenvalue weighted by Crippen LogP contribution is -2.43.